The molecule has 8 nitrogen and oxygen atoms in total. The molecule has 1 heterocycles. The minimum Gasteiger partial charge on any atom is -0.374 e. The highest BCUT2D eigenvalue weighted by Gasteiger charge is 2.25. The summed E-state index contributed by atoms with van der Waals surface area (Å²) in [5.74, 6) is 0. The number of benzene rings is 1. The fourth-order valence-electron chi connectivity index (χ4n) is 1.76. The van der Waals surface area contributed by atoms with Crippen LogP contribution in [0.15, 0.2) is 41.7 Å². The topological polar surface area (TPSA) is 115 Å². The Bertz CT molecular complexity index is 762. The molecule has 0 saturated heterocycles. The van der Waals surface area contributed by atoms with Crippen molar-refractivity contribution in [3.8, 4) is 0 Å². The molecule has 0 atom stereocenters. The fraction of sp³-hybridized carbons (Fsp3) is 0.167. The van der Waals surface area contributed by atoms with Crippen LogP contribution in [0.1, 0.15) is 5.69 Å². The predicted octanol–water partition coefficient (Wildman–Crippen LogP) is 1.40. The van der Waals surface area contributed by atoms with E-state index in [4.69, 9.17) is 0 Å². The van der Waals surface area contributed by atoms with Crippen LogP contribution >= 0.6 is 0 Å². The van der Waals surface area contributed by atoms with Gasteiger partial charge in [0.1, 0.15) is 16.9 Å². The van der Waals surface area contributed by atoms with E-state index in [1.807, 2.05) is 0 Å². The number of nitro benzene ring substituents is 1. The van der Waals surface area contributed by atoms with Gasteiger partial charge in [0, 0.05) is 12.5 Å². The van der Waals surface area contributed by atoms with E-state index >= 15 is 0 Å². The first kappa shape index (κ1) is 14.9. The molecule has 1 N–H and O–H groups in total. The number of nitrogens with one attached hydrogen (secondary N) is 1. The van der Waals surface area contributed by atoms with Crippen LogP contribution in [0.4, 0.5) is 11.4 Å². The Balaban J connectivity index is 2.38. The van der Waals surface area contributed by atoms with Crippen molar-refractivity contribution < 1.29 is 13.3 Å². The molecular weight excluding hydrogens is 296 g/mol. The Hall–Kier alpha value is -2.55. The summed E-state index contributed by atoms with van der Waals surface area (Å²) in [4.78, 5) is 17.9. The maximum absolute atomic E-state index is 11.6. The highest BCUT2D eigenvalue weighted by Crippen LogP contribution is 2.32. The second-order valence-electron chi connectivity index (χ2n) is 4.24. The maximum atomic E-state index is 11.6. The molecule has 0 radical (unpaired) electrons. The molecule has 0 aliphatic heterocycles. The Kier molecular flexibility index (Phi) is 4.13. The lowest BCUT2D eigenvalue weighted by molar-refractivity contribution is -0.386. The number of nitrogens with zero attached hydrogens (tertiary/aromatic N) is 3. The molecular formula is C12H12N4O4S. The zero-order chi connectivity index (χ0) is 15.5. The molecule has 0 spiro atoms. The summed E-state index contributed by atoms with van der Waals surface area (Å²) >= 11 is 0. The molecule has 2 aromatic rings. The highest BCUT2D eigenvalue weighted by molar-refractivity contribution is 7.90. The third kappa shape index (κ3) is 3.51. The molecule has 0 unspecified atom stereocenters. The molecule has 2 rings (SSSR count). The number of rotatable bonds is 5. The van der Waals surface area contributed by atoms with E-state index in [1.54, 1.807) is 12.3 Å². The number of sulfone groups is 1. The lowest BCUT2D eigenvalue weighted by Gasteiger charge is -2.09. The second-order valence-corrected chi connectivity index (χ2v) is 6.22. The minimum absolute atomic E-state index is 0.126. The zero-order valence-corrected chi connectivity index (χ0v) is 11.9. The molecule has 0 aliphatic rings. The van der Waals surface area contributed by atoms with E-state index in [0.717, 1.165) is 6.26 Å². The minimum atomic E-state index is -3.69. The SMILES string of the molecule is CS(=O)(=O)c1cccc(NCc2ccncn2)c1[N+](=O)[O-]. The van der Waals surface area contributed by atoms with Crippen LogP contribution in [0, 0.1) is 10.1 Å². The molecule has 0 saturated carbocycles. The van der Waals surface area contributed by atoms with E-state index in [-0.39, 0.29) is 17.1 Å². The maximum Gasteiger partial charge on any atom is 0.310 e. The van der Waals surface area contributed by atoms with Crippen molar-refractivity contribution in [2.75, 3.05) is 11.6 Å². The van der Waals surface area contributed by atoms with Gasteiger partial charge in [-0.15, -0.1) is 0 Å². The molecule has 21 heavy (non-hydrogen) atoms. The van der Waals surface area contributed by atoms with E-state index in [0.29, 0.717) is 5.69 Å². The molecule has 0 amide bonds. The smallest absolute Gasteiger partial charge is 0.310 e. The van der Waals surface area contributed by atoms with Gasteiger partial charge in [0.25, 0.3) is 0 Å². The van der Waals surface area contributed by atoms with Crippen LogP contribution in [0.25, 0.3) is 0 Å². The molecule has 1 aromatic carbocycles. The Morgan fingerprint density at radius 2 is 2.10 bits per heavy atom. The van der Waals surface area contributed by atoms with Crippen LogP contribution in [0.5, 0.6) is 0 Å². The average Bonchev–Trinajstić information content (AvgIpc) is 2.44. The van der Waals surface area contributed by atoms with Crippen molar-refractivity contribution in [3.63, 3.8) is 0 Å². The third-order valence-corrected chi connectivity index (χ3v) is 3.81. The van der Waals surface area contributed by atoms with Gasteiger partial charge in [-0.1, -0.05) is 6.07 Å². The summed E-state index contributed by atoms with van der Waals surface area (Å²) in [6.45, 7) is 0.219. The molecule has 1 aromatic heterocycles. The Morgan fingerprint density at radius 1 is 1.33 bits per heavy atom. The van der Waals surface area contributed by atoms with Crippen molar-refractivity contribution in [1.82, 2.24) is 9.97 Å². The predicted molar refractivity (Wildman–Crippen MR) is 75.6 cm³/mol. The molecule has 0 bridgehead atoms. The first-order chi connectivity index (χ1) is 9.89. The van der Waals surface area contributed by atoms with Gasteiger partial charge in [0.05, 0.1) is 17.2 Å². The first-order valence-electron chi connectivity index (χ1n) is 5.86. The summed E-state index contributed by atoms with van der Waals surface area (Å²) < 4.78 is 23.3. The Morgan fingerprint density at radius 3 is 2.67 bits per heavy atom. The van der Waals surface area contributed by atoms with Crippen LogP contribution in [0.2, 0.25) is 0 Å². The first-order valence-corrected chi connectivity index (χ1v) is 7.75. The van der Waals surface area contributed by atoms with Gasteiger partial charge in [-0.25, -0.2) is 18.4 Å². The van der Waals surface area contributed by atoms with E-state index in [1.165, 1.54) is 24.5 Å². The van der Waals surface area contributed by atoms with Crippen molar-refractivity contribution in [2.24, 2.45) is 0 Å². The largest absolute Gasteiger partial charge is 0.374 e. The van der Waals surface area contributed by atoms with Crippen LogP contribution in [-0.4, -0.2) is 29.6 Å². The fourth-order valence-corrected chi connectivity index (χ4v) is 2.62. The van der Waals surface area contributed by atoms with E-state index in [9.17, 15) is 18.5 Å². The van der Waals surface area contributed by atoms with Gasteiger partial charge in [-0.2, -0.15) is 0 Å². The van der Waals surface area contributed by atoms with Gasteiger partial charge in [-0.3, -0.25) is 10.1 Å². The highest BCUT2D eigenvalue weighted by atomic mass is 32.2. The molecule has 110 valence electrons. The van der Waals surface area contributed by atoms with Crippen molar-refractivity contribution in [1.29, 1.82) is 0 Å². The lowest BCUT2D eigenvalue weighted by atomic mass is 10.2. The normalized spacial score (nSPS) is 11.1. The number of para-hydroxylation sites is 1. The van der Waals surface area contributed by atoms with Gasteiger partial charge in [-0.05, 0) is 18.2 Å². The number of aromatic nitrogens is 2. The van der Waals surface area contributed by atoms with Crippen LogP contribution in [-0.2, 0) is 16.4 Å². The van der Waals surface area contributed by atoms with Crippen molar-refractivity contribution in [3.05, 3.63) is 52.6 Å². The van der Waals surface area contributed by atoms with Crippen LogP contribution in [0.3, 0.4) is 0 Å². The second kappa shape index (κ2) is 5.83. The number of hydrogen-bond donors (Lipinski definition) is 1. The number of nitro groups is 1. The van der Waals surface area contributed by atoms with Crippen LogP contribution < -0.4 is 5.32 Å². The van der Waals surface area contributed by atoms with E-state index in [2.05, 4.69) is 15.3 Å². The molecule has 9 heteroatoms. The third-order valence-electron chi connectivity index (χ3n) is 2.68. The molecule has 0 aliphatic carbocycles. The Labute approximate surface area is 120 Å². The summed E-state index contributed by atoms with van der Waals surface area (Å²) in [5.41, 5.74) is 0.291. The molecule has 0 fully saturated rings. The van der Waals surface area contributed by atoms with Gasteiger partial charge in [0.2, 0.25) is 0 Å². The van der Waals surface area contributed by atoms with Gasteiger partial charge >= 0.3 is 5.69 Å². The summed E-state index contributed by atoms with van der Waals surface area (Å²) in [6.07, 6.45) is 3.84. The zero-order valence-electron chi connectivity index (χ0n) is 11.1. The van der Waals surface area contributed by atoms with Crippen molar-refractivity contribution >= 4 is 21.2 Å². The van der Waals surface area contributed by atoms with Gasteiger partial charge in [0.15, 0.2) is 9.84 Å². The quantitative estimate of drug-likeness (QED) is 0.655. The lowest BCUT2D eigenvalue weighted by Crippen LogP contribution is -2.08. The summed E-state index contributed by atoms with van der Waals surface area (Å²) in [5, 5.41) is 14.0. The monoisotopic (exact) mass is 308 g/mol. The van der Waals surface area contributed by atoms with Gasteiger partial charge < -0.3 is 5.32 Å². The average molecular weight is 308 g/mol. The standard InChI is InChI=1S/C12H12N4O4S/c1-21(19,20)11-4-2-3-10(12(11)16(17)18)14-7-9-5-6-13-8-15-9/h2-6,8,14H,7H2,1H3. The van der Waals surface area contributed by atoms with Crippen molar-refractivity contribution in [2.45, 2.75) is 11.4 Å². The van der Waals surface area contributed by atoms with E-state index < -0.39 is 20.4 Å². The summed E-state index contributed by atoms with van der Waals surface area (Å²) in [6, 6.07) is 5.77. The number of hydrogen-bond acceptors (Lipinski definition) is 7. The summed E-state index contributed by atoms with van der Waals surface area (Å²) in [7, 11) is -3.69. The number of anilines is 1.